The van der Waals surface area contributed by atoms with Crippen molar-refractivity contribution in [2.45, 2.75) is 19.1 Å². The fraction of sp³-hybridized carbons (Fsp3) is 1.00. The van der Waals surface area contributed by atoms with E-state index < -0.39 is 24.7 Å². The molecule has 0 amide bonds. The standard InChI is InChI=1S/C5H10F3NO/c1-3(4(9)2-10)5(6,7)8/h3-4,10H,2,9H2,1H3/t3-,4-/m1/s1. The first-order valence-electron chi connectivity index (χ1n) is 2.82. The van der Waals surface area contributed by atoms with E-state index in [1.54, 1.807) is 0 Å². The van der Waals surface area contributed by atoms with Crippen molar-refractivity contribution in [2.24, 2.45) is 11.7 Å². The summed E-state index contributed by atoms with van der Waals surface area (Å²) >= 11 is 0. The third-order valence-electron chi connectivity index (χ3n) is 1.37. The molecule has 0 unspecified atom stereocenters. The Hall–Kier alpha value is -0.290. The second-order valence-corrected chi connectivity index (χ2v) is 2.18. The van der Waals surface area contributed by atoms with E-state index in [4.69, 9.17) is 10.8 Å². The molecule has 0 rings (SSSR count). The zero-order chi connectivity index (χ0) is 8.36. The van der Waals surface area contributed by atoms with Gasteiger partial charge in [0, 0.05) is 6.04 Å². The van der Waals surface area contributed by atoms with Crippen molar-refractivity contribution in [3.63, 3.8) is 0 Å². The number of hydrogen-bond acceptors (Lipinski definition) is 2. The van der Waals surface area contributed by atoms with Crippen LogP contribution in [0, 0.1) is 5.92 Å². The van der Waals surface area contributed by atoms with Crippen molar-refractivity contribution in [1.82, 2.24) is 0 Å². The number of alkyl halides is 3. The quantitative estimate of drug-likeness (QED) is 0.613. The van der Waals surface area contributed by atoms with Crippen LogP contribution in [0.2, 0.25) is 0 Å². The van der Waals surface area contributed by atoms with Crippen molar-refractivity contribution in [3.8, 4) is 0 Å². The number of halogens is 3. The Kier molecular flexibility index (Phi) is 3.11. The minimum atomic E-state index is -4.30. The molecular weight excluding hydrogens is 147 g/mol. The number of hydrogen-bond donors (Lipinski definition) is 2. The van der Waals surface area contributed by atoms with Crippen LogP contribution < -0.4 is 5.73 Å². The lowest BCUT2D eigenvalue weighted by Gasteiger charge is -2.20. The molecule has 3 N–H and O–H groups in total. The molecule has 0 aromatic rings. The van der Waals surface area contributed by atoms with Gasteiger partial charge in [-0.2, -0.15) is 13.2 Å². The van der Waals surface area contributed by atoms with Gasteiger partial charge in [-0.25, -0.2) is 0 Å². The molecule has 0 heterocycles. The normalized spacial score (nSPS) is 18.6. The minimum absolute atomic E-state index is 0.638. The highest BCUT2D eigenvalue weighted by atomic mass is 19.4. The first-order chi connectivity index (χ1) is 4.39. The van der Waals surface area contributed by atoms with Crippen molar-refractivity contribution < 1.29 is 18.3 Å². The topological polar surface area (TPSA) is 46.2 Å². The molecule has 0 spiro atoms. The van der Waals surface area contributed by atoms with Crippen LogP contribution in [0.1, 0.15) is 6.92 Å². The van der Waals surface area contributed by atoms with Gasteiger partial charge in [0.1, 0.15) is 0 Å². The van der Waals surface area contributed by atoms with E-state index >= 15 is 0 Å². The predicted molar refractivity (Wildman–Crippen MR) is 30.3 cm³/mol. The number of aliphatic hydroxyl groups excluding tert-OH is 1. The molecule has 62 valence electrons. The molecule has 0 aromatic heterocycles. The number of nitrogens with two attached hydrogens (primary N) is 1. The first-order valence-corrected chi connectivity index (χ1v) is 2.82. The van der Waals surface area contributed by atoms with Gasteiger partial charge in [0.25, 0.3) is 0 Å². The summed E-state index contributed by atoms with van der Waals surface area (Å²) < 4.78 is 35.1. The second kappa shape index (κ2) is 3.21. The minimum Gasteiger partial charge on any atom is -0.395 e. The Bertz CT molecular complexity index is 104. The predicted octanol–water partition coefficient (Wildman–Crippen LogP) is 0.504. The van der Waals surface area contributed by atoms with E-state index in [0.29, 0.717) is 0 Å². The molecule has 0 aliphatic rings. The zero-order valence-electron chi connectivity index (χ0n) is 5.52. The van der Waals surface area contributed by atoms with E-state index in [2.05, 4.69) is 0 Å². The van der Waals surface area contributed by atoms with Gasteiger partial charge in [0.05, 0.1) is 12.5 Å². The molecule has 5 heteroatoms. The largest absolute Gasteiger partial charge is 0.395 e. The molecule has 0 aliphatic heterocycles. The van der Waals surface area contributed by atoms with Gasteiger partial charge in [0.15, 0.2) is 0 Å². The van der Waals surface area contributed by atoms with Gasteiger partial charge in [-0.15, -0.1) is 0 Å². The Balaban J connectivity index is 3.94. The summed E-state index contributed by atoms with van der Waals surface area (Å²) in [7, 11) is 0. The molecular formula is C5H10F3NO. The van der Waals surface area contributed by atoms with Crippen molar-refractivity contribution in [1.29, 1.82) is 0 Å². The monoisotopic (exact) mass is 157 g/mol. The highest BCUT2D eigenvalue weighted by Gasteiger charge is 2.39. The lowest BCUT2D eigenvalue weighted by Crippen LogP contribution is -2.40. The molecule has 0 aromatic carbocycles. The SMILES string of the molecule is C[C@H]([C@H](N)CO)C(F)(F)F. The molecule has 0 fully saturated rings. The van der Waals surface area contributed by atoms with Crippen LogP contribution in [-0.4, -0.2) is 23.9 Å². The molecule has 0 radical (unpaired) electrons. The smallest absolute Gasteiger partial charge is 0.393 e. The van der Waals surface area contributed by atoms with Crippen LogP contribution in [0.25, 0.3) is 0 Å². The van der Waals surface area contributed by atoms with Crippen molar-refractivity contribution >= 4 is 0 Å². The molecule has 0 aliphatic carbocycles. The van der Waals surface area contributed by atoms with E-state index in [1.165, 1.54) is 0 Å². The van der Waals surface area contributed by atoms with Crippen LogP contribution >= 0.6 is 0 Å². The molecule has 2 nitrogen and oxygen atoms in total. The number of aliphatic hydroxyl groups is 1. The van der Waals surface area contributed by atoms with Crippen LogP contribution in [0.4, 0.5) is 13.2 Å². The molecule has 0 bridgehead atoms. The Morgan fingerprint density at radius 2 is 1.90 bits per heavy atom. The summed E-state index contributed by atoms with van der Waals surface area (Å²) in [6.45, 7) is 0.307. The van der Waals surface area contributed by atoms with E-state index in [-0.39, 0.29) is 0 Å². The Labute approximate surface area is 56.8 Å². The lowest BCUT2D eigenvalue weighted by atomic mass is 10.0. The summed E-state index contributed by atoms with van der Waals surface area (Å²) in [5, 5.41) is 8.24. The fourth-order valence-electron chi connectivity index (χ4n) is 0.401. The summed E-state index contributed by atoms with van der Waals surface area (Å²) in [5.41, 5.74) is 4.93. The van der Waals surface area contributed by atoms with Crippen LogP contribution in [0.5, 0.6) is 0 Å². The van der Waals surface area contributed by atoms with Crippen molar-refractivity contribution in [3.05, 3.63) is 0 Å². The highest BCUT2D eigenvalue weighted by Crippen LogP contribution is 2.27. The Morgan fingerprint density at radius 1 is 1.50 bits per heavy atom. The summed E-state index contributed by atoms with van der Waals surface area (Å²) in [4.78, 5) is 0. The molecule has 10 heavy (non-hydrogen) atoms. The van der Waals surface area contributed by atoms with Crippen molar-refractivity contribution in [2.75, 3.05) is 6.61 Å². The highest BCUT2D eigenvalue weighted by molar-refractivity contribution is 4.73. The third-order valence-corrected chi connectivity index (χ3v) is 1.37. The van der Waals surface area contributed by atoms with E-state index in [1.807, 2.05) is 0 Å². The van der Waals surface area contributed by atoms with Gasteiger partial charge in [-0.3, -0.25) is 0 Å². The maximum atomic E-state index is 11.7. The van der Waals surface area contributed by atoms with Gasteiger partial charge < -0.3 is 10.8 Å². The zero-order valence-corrected chi connectivity index (χ0v) is 5.52. The van der Waals surface area contributed by atoms with Gasteiger partial charge in [0.2, 0.25) is 0 Å². The second-order valence-electron chi connectivity index (χ2n) is 2.18. The summed E-state index contributed by atoms with van der Waals surface area (Å²) in [6.07, 6.45) is -4.30. The molecule has 2 atom stereocenters. The summed E-state index contributed by atoms with van der Waals surface area (Å²) in [6, 6.07) is -1.21. The van der Waals surface area contributed by atoms with Crippen LogP contribution in [0.15, 0.2) is 0 Å². The molecule has 0 saturated heterocycles. The number of rotatable bonds is 2. The van der Waals surface area contributed by atoms with Gasteiger partial charge >= 0.3 is 6.18 Å². The first kappa shape index (κ1) is 9.71. The maximum absolute atomic E-state index is 11.7. The van der Waals surface area contributed by atoms with E-state index in [9.17, 15) is 13.2 Å². The summed E-state index contributed by atoms with van der Waals surface area (Å²) in [5.74, 6) is -1.64. The maximum Gasteiger partial charge on any atom is 0.393 e. The lowest BCUT2D eigenvalue weighted by molar-refractivity contribution is -0.177. The van der Waals surface area contributed by atoms with Crippen LogP contribution in [-0.2, 0) is 0 Å². The fourth-order valence-corrected chi connectivity index (χ4v) is 0.401. The third kappa shape index (κ3) is 2.53. The van der Waals surface area contributed by atoms with E-state index in [0.717, 1.165) is 6.92 Å². The van der Waals surface area contributed by atoms with Gasteiger partial charge in [-0.05, 0) is 0 Å². The average Bonchev–Trinajstić information content (AvgIpc) is 1.83. The molecule has 0 saturated carbocycles. The van der Waals surface area contributed by atoms with Gasteiger partial charge in [-0.1, -0.05) is 6.92 Å². The Morgan fingerprint density at radius 3 is 2.00 bits per heavy atom. The van der Waals surface area contributed by atoms with Crippen LogP contribution in [0.3, 0.4) is 0 Å². The average molecular weight is 157 g/mol.